The van der Waals surface area contributed by atoms with E-state index < -0.39 is 12.7 Å². The highest BCUT2D eigenvalue weighted by Crippen LogP contribution is 2.22. The summed E-state index contributed by atoms with van der Waals surface area (Å²) in [6.45, 7) is -0.775. The normalized spacial score (nSPS) is 12.5. The second kappa shape index (κ2) is 5.27. The summed E-state index contributed by atoms with van der Waals surface area (Å²) in [6.07, 6.45) is 0.204. The van der Waals surface area contributed by atoms with E-state index >= 15 is 0 Å². The monoisotopic (exact) mass is 235 g/mol. The third-order valence-electron chi connectivity index (χ3n) is 1.80. The molecule has 0 N–H and O–H groups in total. The molecule has 0 aromatic heterocycles. The van der Waals surface area contributed by atoms with Crippen LogP contribution in [0.5, 0.6) is 0 Å². The summed E-state index contributed by atoms with van der Waals surface area (Å²) in [7, 11) is 0. The summed E-state index contributed by atoms with van der Waals surface area (Å²) >= 11 is 11.5. The molecule has 5 heteroatoms. The van der Waals surface area contributed by atoms with Crippen LogP contribution in [0.4, 0.5) is 4.39 Å². The molecule has 0 saturated heterocycles. The first-order valence-corrected chi connectivity index (χ1v) is 4.75. The standard InChI is InChI=1S/C9H8Cl2FNO/c10-7-2-1-6(9(11)4-7)3-8(5-12)13-14/h1-2,4,8H,3,5H2. The van der Waals surface area contributed by atoms with Crippen molar-refractivity contribution in [1.82, 2.24) is 0 Å². The second-order valence-corrected chi connectivity index (χ2v) is 3.70. The predicted molar refractivity (Wildman–Crippen MR) is 55.7 cm³/mol. The van der Waals surface area contributed by atoms with E-state index in [-0.39, 0.29) is 6.42 Å². The van der Waals surface area contributed by atoms with Gasteiger partial charge < -0.3 is 0 Å². The molecular formula is C9H8Cl2FNO. The first-order chi connectivity index (χ1) is 6.67. The van der Waals surface area contributed by atoms with Crippen LogP contribution in [0, 0.1) is 4.91 Å². The molecule has 0 aliphatic carbocycles. The van der Waals surface area contributed by atoms with Crippen molar-refractivity contribution in [3.05, 3.63) is 38.7 Å². The molecule has 0 saturated carbocycles. The van der Waals surface area contributed by atoms with Crippen molar-refractivity contribution in [2.45, 2.75) is 12.5 Å². The largest absolute Gasteiger partial charge is 0.249 e. The molecule has 0 aliphatic rings. The van der Waals surface area contributed by atoms with Crippen LogP contribution >= 0.6 is 23.2 Å². The van der Waals surface area contributed by atoms with Gasteiger partial charge in [-0.05, 0) is 17.7 Å². The molecule has 1 aromatic carbocycles. The Hall–Kier alpha value is -0.670. The predicted octanol–water partition coefficient (Wildman–Crippen LogP) is 3.64. The highest BCUT2D eigenvalue weighted by atomic mass is 35.5. The molecule has 0 spiro atoms. The van der Waals surface area contributed by atoms with Crippen LogP contribution in [-0.2, 0) is 6.42 Å². The van der Waals surface area contributed by atoms with E-state index in [1.165, 1.54) is 0 Å². The number of halogens is 3. The van der Waals surface area contributed by atoms with Crippen molar-refractivity contribution in [3.8, 4) is 0 Å². The van der Waals surface area contributed by atoms with Crippen LogP contribution in [0.15, 0.2) is 23.4 Å². The van der Waals surface area contributed by atoms with E-state index in [9.17, 15) is 9.30 Å². The van der Waals surface area contributed by atoms with Gasteiger partial charge in [-0.25, -0.2) is 4.39 Å². The minimum atomic E-state index is -0.867. The smallest absolute Gasteiger partial charge is 0.124 e. The lowest BCUT2D eigenvalue weighted by molar-refractivity contribution is 0.427. The molecule has 0 radical (unpaired) electrons. The Kier molecular flexibility index (Phi) is 4.29. The highest BCUT2D eigenvalue weighted by Gasteiger charge is 2.11. The van der Waals surface area contributed by atoms with Crippen molar-refractivity contribution in [1.29, 1.82) is 0 Å². The lowest BCUT2D eigenvalue weighted by atomic mass is 10.1. The Labute approximate surface area is 91.0 Å². The van der Waals surface area contributed by atoms with Crippen molar-refractivity contribution < 1.29 is 4.39 Å². The van der Waals surface area contributed by atoms with Crippen molar-refractivity contribution in [2.24, 2.45) is 5.18 Å². The Morgan fingerprint density at radius 1 is 1.43 bits per heavy atom. The maximum Gasteiger partial charge on any atom is 0.124 e. The summed E-state index contributed by atoms with van der Waals surface area (Å²) in [5, 5.41) is 3.59. The minimum absolute atomic E-state index is 0.204. The van der Waals surface area contributed by atoms with Gasteiger partial charge in [-0.2, -0.15) is 4.91 Å². The molecule has 1 aromatic rings. The molecule has 0 aliphatic heterocycles. The maximum atomic E-state index is 12.2. The van der Waals surface area contributed by atoms with Gasteiger partial charge in [-0.1, -0.05) is 34.4 Å². The van der Waals surface area contributed by atoms with E-state index in [1.807, 2.05) is 0 Å². The number of hydrogen-bond acceptors (Lipinski definition) is 2. The molecule has 0 heterocycles. The van der Waals surface area contributed by atoms with Gasteiger partial charge >= 0.3 is 0 Å². The van der Waals surface area contributed by atoms with Gasteiger partial charge in [0.05, 0.1) is 0 Å². The van der Waals surface area contributed by atoms with Gasteiger partial charge in [0.15, 0.2) is 0 Å². The average molecular weight is 236 g/mol. The van der Waals surface area contributed by atoms with Crippen LogP contribution < -0.4 is 0 Å². The summed E-state index contributed by atoms with van der Waals surface area (Å²) in [4.78, 5) is 10.2. The topological polar surface area (TPSA) is 29.4 Å². The zero-order chi connectivity index (χ0) is 10.6. The van der Waals surface area contributed by atoms with E-state index in [0.717, 1.165) is 0 Å². The molecule has 2 nitrogen and oxygen atoms in total. The Morgan fingerprint density at radius 3 is 2.64 bits per heavy atom. The van der Waals surface area contributed by atoms with Crippen LogP contribution in [-0.4, -0.2) is 12.7 Å². The number of benzene rings is 1. The fraction of sp³-hybridized carbons (Fsp3) is 0.333. The molecule has 1 unspecified atom stereocenters. The Balaban J connectivity index is 2.80. The van der Waals surface area contributed by atoms with E-state index in [1.54, 1.807) is 18.2 Å². The van der Waals surface area contributed by atoms with Gasteiger partial charge in [0, 0.05) is 16.5 Å². The van der Waals surface area contributed by atoms with Gasteiger partial charge in [-0.15, -0.1) is 0 Å². The lowest BCUT2D eigenvalue weighted by Gasteiger charge is -2.06. The van der Waals surface area contributed by atoms with Crippen LogP contribution in [0.25, 0.3) is 0 Å². The number of rotatable bonds is 4. The zero-order valence-electron chi connectivity index (χ0n) is 7.21. The van der Waals surface area contributed by atoms with Crippen LogP contribution in [0.3, 0.4) is 0 Å². The molecule has 76 valence electrons. The summed E-state index contributed by atoms with van der Waals surface area (Å²) in [5.74, 6) is 0. The highest BCUT2D eigenvalue weighted by molar-refractivity contribution is 6.35. The van der Waals surface area contributed by atoms with E-state index in [2.05, 4.69) is 5.18 Å². The summed E-state index contributed by atoms with van der Waals surface area (Å²) in [6, 6.07) is 3.99. The summed E-state index contributed by atoms with van der Waals surface area (Å²) in [5.41, 5.74) is 0.679. The van der Waals surface area contributed by atoms with Crippen molar-refractivity contribution >= 4 is 23.2 Å². The maximum absolute atomic E-state index is 12.2. The van der Waals surface area contributed by atoms with Crippen molar-refractivity contribution in [3.63, 3.8) is 0 Å². The number of nitrogens with zero attached hydrogens (tertiary/aromatic N) is 1. The summed E-state index contributed by atoms with van der Waals surface area (Å²) < 4.78 is 12.2. The second-order valence-electron chi connectivity index (χ2n) is 2.85. The van der Waals surface area contributed by atoms with Crippen LogP contribution in [0.1, 0.15) is 5.56 Å². The van der Waals surface area contributed by atoms with E-state index in [0.29, 0.717) is 15.6 Å². The van der Waals surface area contributed by atoms with Gasteiger partial charge in [0.1, 0.15) is 12.7 Å². The quantitative estimate of drug-likeness (QED) is 0.733. The fourth-order valence-corrected chi connectivity index (χ4v) is 1.55. The third-order valence-corrected chi connectivity index (χ3v) is 2.38. The molecular weight excluding hydrogens is 228 g/mol. The average Bonchev–Trinajstić information content (AvgIpc) is 2.17. The minimum Gasteiger partial charge on any atom is -0.249 e. The van der Waals surface area contributed by atoms with E-state index in [4.69, 9.17) is 23.2 Å². The SMILES string of the molecule is O=NC(CF)Cc1ccc(Cl)cc1Cl. The first kappa shape index (κ1) is 11.4. The Morgan fingerprint density at radius 2 is 2.14 bits per heavy atom. The number of hydrogen-bond donors (Lipinski definition) is 0. The van der Waals surface area contributed by atoms with Gasteiger partial charge in [-0.3, -0.25) is 0 Å². The molecule has 0 amide bonds. The molecule has 0 bridgehead atoms. The molecule has 1 atom stereocenters. The lowest BCUT2D eigenvalue weighted by Crippen LogP contribution is -2.10. The first-order valence-electron chi connectivity index (χ1n) is 3.99. The molecule has 14 heavy (non-hydrogen) atoms. The van der Waals surface area contributed by atoms with Gasteiger partial charge in [0.2, 0.25) is 0 Å². The Bertz CT molecular complexity index is 333. The number of alkyl halides is 1. The molecule has 1 rings (SSSR count). The van der Waals surface area contributed by atoms with Gasteiger partial charge in [0.25, 0.3) is 0 Å². The number of nitroso groups, excluding NO2 is 1. The third kappa shape index (κ3) is 2.93. The fourth-order valence-electron chi connectivity index (χ4n) is 1.06. The van der Waals surface area contributed by atoms with Crippen LogP contribution in [0.2, 0.25) is 10.0 Å². The van der Waals surface area contributed by atoms with Crippen molar-refractivity contribution in [2.75, 3.05) is 6.67 Å². The zero-order valence-corrected chi connectivity index (χ0v) is 8.72. The molecule has 0 fully saturated rings.